The van der Waals surface area contributed by atoms with E-state index in [1.165, 1.54) is 25.7 Å². The van der Waals surface area contributed by atoms with Gasteiger partial charge in [0, 0.05) is 0 Å². The zero-order valence-corrected chi connectivity index (χ0v) is 9.70. The molecule has 1 saturated carbocycles. The molecule has 0 saturated heterocycles. The molecule has 0 amide bonds. The quantitative estimate of drug-likeness (QED) is 0.756. The highest BCUT2D eigenvalue weighted by molar-refractivity contribution is 4.71. The third-order valence-corrected chi connectivity index (χ3v) is 3.16. The van der Waals surface area contributed by atoms with E-state index >= 15 is 0 Å². The summed E-state index contributed by atoms with van der Waals surface area (Å²) in [5, 5.41) is 9.60. The number of hydrogen-bond acceptors (Lipinski definition) is 2. The van der Waals surface area contributed by atoms with Crippen molar-refractivity contribution in [2.24, 2.45) is 11.8 Å². The van der Waals surface area contributed by atoms with Gasteiger partial charge in [-0.2, -0.15) is 0 Å². The van der Waals surface area contributed by atoms with Gasteiger partial charge < -0.3 is 9.84 Å². The third kappa shape index (κ3) is 3.97. The molecule has 0 aromatic carbocycles. The van der Waals surface area contributed by atoms with E-state index in [0.29, 0.717) is 18.6 Å². The molecule has 1 rings (SSSR count). The summed E-state index contributed by atoms with van der Waals surface area (Å²) < 4.78 is 5.73. The van der Waals surface area contributed by atoms with E-state index < -0.39 is 0 Å². The maximum absolute atomic E-state index is 9.60. The van der Waals surface area contributed by atoms with Crippen molar-refractivity contribution in [2.45, 2.75) is 58.7 Å². The minimum atomic E-state index is -0.299. The van der Waals surface area contributed by atoms with Crippen molar-refractivity contribution < 1.29 is 9.84 Å². The molecule has 1 aliphatic rings. The smallest absolute Gasteiger partial charge is 0.0796 e. The predicted molar refractivity (Wildman–Crippen MR) is 58.2 cm³/mol. The number of rotatable bonds is 4. The first-order chi connectivity index (χ1) is 6.59. The summed E-state index contributed by atoms with van der Waals surface area (Å²) in [6, 6.07) is 0. The zero-order chi connectivity index (χ0) is 10.6. The van der Waals surface area contributed by atoms with Crippen molar-refractivity contribution in [3.05, 3.63) is 0 Å². The monoisotopic (exact) mass is 200 g/mol. The Labute approximate surface area is 87.7 Å². The average molecular weight is 200 g/mol. The van der Waals surface area contributed by atoms with Crippen molar-refractivity contribution in [1.82, 2.24) is 0 Å². The third-order valence-electron chi connectivity index (χ3n) is 3.16. The Morgan fingerprint density at radius 3 is 2.64 bits per heavy atom. The fourth-order valence-corrected chi connectivity index (χ4v) is 1.96. The summed E-state index contributed by atoms with van der Waals surface area (Å²) in [4.78, 5) is 0. The average Bonchev–Trinajstić information content (AvgIpc) is 2.14. The van der Waals surface area contributed by atoms with E-state index in [0.717, 1.165) is 5.92 Å². The van der Waals surface area contributed by atoms with E-state index in [4.69, 9.17) is 4.74 Å². The molecule has 0 aliphatic heterocycles. The van der Waals surface area contributed by atoms with E-state index in [9.17, 15) is 5.11 Å². The lowest BCUT2D eigenvalue weighted by molar-refractivity contribution is -0.0439. The Balaban J connectivity index is 2.17. The zero-order valence-electron chi connectivity index (χ0n) is 9.70. The summed E-state index contributed by atoms with van der Waals surface area (Å²) in [7, 11) is 0. The molecule has 2 nitrogen and oxygen atoms in total. The van der Waals surface area contributed by atoms with Crippen LogP contribution in [0.1, 0.15) is 46.5 Å². The van der Waals surface area contributed by atoms with E-state index in [1.807, 2.05) is 13.8 Å². The van der Waals surface area contributed by atoms with Crippen molar-refractivity contribution in [3.8, 4) is 0 Å². The van der Waals surface area contributed by atoms with Crippen LogP contribution in [-0.2, 0) is 4.74 Å². The standard InChI is InChI=1S/C12H24O2/c1-9(2)12(13)8-14-11-6-4-5-10(3)7-11/h9-13H,4-8H2,1-3H3. The number of ether oxygens (including phenoxy) is 1. The fraction of sp³-hybridized carbons (Fsp3) is 1.00. The number of hydrogen-bond donors (Lipinski definition) is 1. The Hall–Kier alpha value is -0.0800. The molecule has 84 valence electrons. The lowest BCUT2D eigenvalue weighted by Gasteiger charge is -2.28. The summed E-state index contributed by atoms with van der Waals surface area (Å²) >= 11 is 0. The van der Waals surface area contributed by atoms with Crippen LogP contribution in [-0.4, -0.2) is 23.9 Å². The van der Waals surface area contributed by atoms with Crippen LogP contribution in [0.2, 0.25) is 0 Å². The van der Waals surface area contributed by atoms with Crippen molar-refractivity contribution in [2.75, 3.05) is 6.61 Å². The maximum atomic E-state index is 9.60. The molecule has 14 heavy (non-hydrogen) atoms. The Bertz CT molecular complexity index is 156. The van der Waals surface area contributed by atoms with Crippen LogP contribution >= 0.6 is 0 Å². The summed E-state index contributed by atoms with van der Waals surface area (Å²) in [5.41, 5.74) is 0. The molecular weight excluding hydrogens is 176 g/mol. The molecule has 0 aromatic rings. The van der Waals surface area contributed by atoms with Gasteiger partial charge in [0.2, 0.25) is 0 Å². The molecule has 0 heterocycles. The minimum Gasteiger partial charge on any atom is -0.390 e. The van der Waals surface area contributed by atoms with Gasteiger partial charge in [-0.1, -0.05) is 33.6 Å². The molecule has 0 bridgehead atoms. The van der Waals surface area contributed by atoms with Crippen molar-refractivity contribution in [3.63, 3.8) is 0 Å². The highest BCUT2D eigenvalue weighted by Gasteiger charge is 2.20. The Morgan fingerprint density at radius 2 is 2.07 bits per heavy atom. The lowest BCUT2D eigenvalue weighted by Crippen LogP contribution is -2.28. The first-order valence-electron chi connectivity index (χ1n) is 5.89. The van der Waals surface area contributed by atoms with Crippen LogP contribution in [0.4, 0.5) is 0 Å². The van der Waals surface area contributed by atoms with Crippen molar-refractivity contribution >= 4 is 0 Å². The maximum Gasteiger partial charge on any atom is 0.0796 e. The Kier molecular flexibility index (Phi) is 4.90. The first-order valence-corrected chi connectivity index (χ1v) is 5.89. The summed E-state index contributed by atoms with van der Waals surface area (Å²) in [6.07, 6.45) is 5.07. The van der Waals surface area contributed by atoms with Crippen LogP contribution in [0.3, 0.4) is 0 Å². The second-order valence-electron chi connectivity index (χ2n) is 5.04. The molecule has 0 aromatic heterocycles. The van der Waals surface area contributed by atoms with Crippen LogP contribution in [0.5, 0.6) is 0 Å². The fourth-order valence-electron chi connectivity index (χ4n) is 1.96. The minimum absolute atomic E-state index is 0.299. The van der Waals surface area contributed by atoms with Crippen LogP contribution in [0, 0.1) is 11.8 Å². The largest absolute Gasteiger partial charge is 0.390 e. The first kappa shape index (κ1) is 12.0. The molecule has 0 spiro atoms. The van der Waals surface area contributed by atoms with E-state index in [-0.39, 0.29) is 6.10 Å². The molecule has 2 heteroatoms. The van der Waals surface area contributed by atoms with E-state index in [2.05, 4.69) is 6.92 Å². The topological polar surface area (TPSA) is 29.5 Å². The van der Waals surface area contributed by atoms with E-state index in [1.54, 1.807) is 0 Å². The predicted octanol–water partition coefficient (Wildman–Crippen LogP) is 2.60. The van der Waals surface area contributed by atoms with Gasteiger partial charge in [-0.25, -0.2) is 0 Å². The summed E-state index contributed by atoms with van der Waals surface area (Å²) in [6.45, 7) is 6.85. The molecule has 1 fully saturated rings. The van der Waals surface area contributed by atoms with Crippen LogP contribution in [0.15, 0.2) is 0 Å². The Morgan fingerprint density at radius 1 is 1.36 bits per heavy atom. The highest BCUT2D eigenvalue weighted by atomic mass is 16.5. The molecule has 1 aliphatic carbocycles. The SMILES string of the molecule is CC1CCCC(OCC(O)C(C)C)C1. The van der Waals surface area contributed by atoms with Crippen molar-refractivity contribution in [1.29, 1.82) is 0 Å². The normalized spacial score (nSPS) is 30.6. The molecule has 1 N–H and O–H groups in total. The second kappa shape index (κ2) is 5.72. The number of aliphatic hydroxyl groups is 1. The molecule has 3 unspecified atom stereocenters. The number of aliphatic hydroxyl groups excluding tert-OH is 1. The highest BCUT2D eigenvalue weighted by Crippen LogP contribution is 2.25. The van der Waals surface area contributed by atoms with Gasteiger partial charge in [-0.15, -0.1) is 0 Å². The second-order valence-corrected chi connectivity index (χ2v) is 5.04. The summed E-state index contributed by atoms with van der Waals surface area (Å²) in [5.74, 6) is 1.10. The van der Waals surface area contributed by atoms with Gasteiger partial charge in [0.1, 0.15) is 0 Å². The van der Waals surface area contributed by atoms with Gasteiger partial charge in [-0.3, -0.25) is 0 Å². The lowest BCUT2D eigenvalue weighted by atomic mass is 9.89. The van der Waals surface area contributed by atoms with Gasteiger partial charge in [0.25, 0.3) is 0 Å². The molecule has 0 radical (unpaired) electrons. The van der Waals surface area contributed by atoms with Gasteiger partial charge in [0.15, 0.2) is 0 Å². The van der Waals surface area contributed by atoms with Crippen LogP contribution < -0.4 is 0 Å². The van der Waals surface area contributed by atoms with Gasteiger partial charge in [0.05, 0.1) is 18.8 Å². The molecular formula is C12H24O2. The van der Waals surface area contributed by atoms with Gasteiger partial charge >= 0.3 is 0 Å². The van der Waals surface area contributed by atoms with Gasteiger partial charge in [-0.05, 0) is 24.7 Å². The van der Waals surface area contributed by atoms with Crippen LogP contribution in [0.25, 0.3) is 0 Å². The molecule has 3 atom stereocenters.